The van der Waals surface area contributed by atoms with E-state index in [-0.39, 0.29) is 11.2 Å². The van der Waals surface area contributed by atoms with E-state index in [1.54, 1.807) is 23.1 Å². The summed E-state index contributed by atoms with van der Waals surface area (Å²) in [6.07, 6.45) is 0.382. The van der Waals surface area contributed by atoms with Crippen LogP contribution in [0.2, 0.25) is 0 Å². The van der Waals surface area contributed by atoms with Crippen LogP contribution < -0.4 is 0 Å². The first-order valence-corrected chi connectivity index (χ1v) is 7.66. The third-order valence-corrected chi connectivity index (χ3v) is 4.38. The van der Waals surface area contributed by atoms with Crippen molar-refractivity contribution in [3.63, 3.8) is 0 Å². The number of nitrogens with zero attached hydrogens (tertiary/aromatic N) is 2. The summed E-state index contributed by atoms with van der Waals surface area (Å²) in [6.45, 7) is 1.97. The molecule has 0 fully saturated rings. The number of ether oxygens (including phenoxy) is 1. The summed E-state index contributed by atoms with van der Waals surface area (Å²) < 4.78 is 10.2. The minimum Gasteiger partial charge on any atom is -0.469 e. The van der Waals surface area contributed by atoms with Gasteiger partial charge in [-0.15, -0.1) is 33.3 Å². The molecule has 0 spiro atoms. The Morgan fingerprint density at radius 1 is 1.58 bits per heavy atom. The van der Waals surface area contributed by atoms with Crippen molar-refractivity contribution < 1.29 is 13.9 Å². The van der Waals surface area contributed by atoms with Crippen molar-refractivity contribution in [1.29, 1.82) is 0 Å². The van der Waals surface area contributed by atoms with E-state index in [2.05, 4.69) is 14.9 Å². The number of rotatable bonds is 6. The summed E-state index contributed by atoms with van der Waals surface area (Å²) >= 11 is 3.15. The maximum Gasteiger partial charge on any atom is 0.306 e. The Morgan fingerprint density at radius 2 is 2.42 bits per heavy atom. The van der Waals surface area contributed by atoms with E-state index in [1.165, 1.54) is 7.11 Å². The normalized spacial score (nSPS) is 12.3. The second kappa shape index (κ2) is 6.72. The maximum atomic E-state index is 11.1. The molecule has 1 unspecified atom stereocenters. The highest BCUT2D eigenvalue weighted by molar-refractivity contribution is 7.99. The van der Waals surface area contributed by atoms with Gasteiger partial charge in [-0.3, -0.25) is 4.79 Å². The van der Waals surface area contributed by atoms with Gasteiger partial charge >= 0.3 is 5.97 Å². The fourth-order valence-electron chi connectivity index (χ4n) is 1.40. The first-order chi connectivity index (χ1) is 9.19. The van der Waals surface area contributed by atoms with Crippen molar-refractivity contribution in [3.05, 3.63) is 23.4 Å². The topological polar surface area (TPSA) is 65.2 Å². The number of thioether (sulfide) groups is 1. The molecule has 1 atom stereocenters. The third-order valence-electron chi connectivity index (χ3n) is 2.37. The summed E-state index contributed by atoms with van der Waals surface area (Å²) in [5, 5.41) is 10.1. The molecule has 0 aliphatic rings. The Balaban J connectivity index is 1.85. The number of thiophene rings is 1. The average Bonchev–Trinajstić information content (AvgIpc) is 3.06. The van der Waals surface area contributed by atoms with E-state index >= 15 is 0 Å². The molecule has 0 N–H and O–H groups in total. The standard InChI is InChI=1S/C12H14N2O3S2/c1-8(6-11(15)16-2)19-7-10-13-14-12(17-10)9-4-3-5-18-9/h3-5,8H,6-7H2,1-2H3. The van der Waals surface area contributed by atoms with Gasteiger partial charge in [0.2, 0.25) is 5.89 Å². The number of hydrogen-bond donors (Lipinski definition) is 0. The maximum absolute atomic E-state index is 11.1. The van der Waals surface area contributed by atoms with Gasteiger partial charge < -0.3 is 9.15 Å². The molecule has 0 saturated heterocycles. The van der Waals surface area contributed by atoms with Crippen molar-refractivity contribution >= 4 is 29.1 Å². The first kappa shape index (κ1) is 14.1. The molecule has 0 amide bonds. The number of methoxy groups -OCH3 is 1. The molecule has 0 aliphatic heterocycles. The van der Waals surface area contributed by atoms with Gasteiger partial charge in [0.05, 0.1) is 24.2 Å². The van der Waals surface area contributed by atoms with Gasteiger partial charge in [0.15, 0.2) is 0 Å². The molecule has 5 nitrogen and oxygen atoms in total. The number of aromatic nitrogens is 2. The molecule has 2 aromatic rings. The van der Waals surface area contributed by atoms with Crippen molar-refractivity contribution in [1.82, 2.24) is 10.2 Å². The quantitative estimate of drug-likeness (QED) is 0.764. The van der Waals surface area contributed by atoms with E-state index in [1.807, 2.05) is 24.4 Å². The zero-order chi connectivity index (χ0) is 13.7. The molecule has 0 aliphatic carbocycles. The van der Waals surface area contributed by atoms with E-state index in [9.17, 15) is 4.79 Å². The van der Waals surface area contributed by atoms with Gasteiger partial charge in [-0.2, -0.15) is 0 Å². The van der Waals surface area contributed by atoms with Crippen LogP contribution in [0.5, 0.6) is 0 Å². The summed E-state index contributed by atoms with van der Waals surface area (Å²) in [7, 11) is 1.39. The van der Waals surface area contributed by atoms with Gasteiger partial charge in [-0.25, -0.2) is 0 Å². The van der Waals surface area contributed by atoms with Crippen molar-refractivity contribution in [3.8, 4) is 10.8 Å². The molecule has 19 heavy (non-hydrogen) atoms. The van der Waals surface area contributed by atoms with E-state index in [4.69, 9.17) is 4.42 Å². The summed E-state index contributed by atoms with van der Waals surface area (Å²) in [5.74, 6) is 1.51. The largest absolute Gasteiger partial charge is 0.469 e. The van der Waals surface area contributed by atoms with Gasteiger partial charge in [0, 0.05) is 5.25 Å². The minimum atomic E-state index is -0.204. The van der Waals surface area contributed by atoms with Crippen LogP contribution in [0.4, 0.5) is 0 Å². The lowest BCUT2D eigenvalue weighted by molar-refractivity contribution is -0.140. The molecule has 0 bridgehead atoms. The Kier molecular flexibility index (Phi) is 4.98. The molecule has 2 heterocycles. The molecule has 0 saturated carbocycles. The molecule has 7 heteroatoms. The molecule has 2 aromatic heterocycles. The van der Waals surface area contributed by atoms with Gasteiger partial charge in [-0.1, -0.05) is 13.0 Å². The minimum absolute atomic E-state index is 0.157. The first-order valence-electron chi connectivity index (χ1n) is 5.73. The number of esters is 1. The Bertz CT molecular complexity index is 525. The van der Waals surface area contributed by atoms with E-state index < -0.39 is 0 Å². The SMILES string of the molecule is COC(=O)CC(C)SCc1nnc(-c2cccs2)o1. The second-order valence-corrected chi connectivity index (χ2v) is 6.25. The lowest BCUT2D eigenvalue weighted by Gasteiger charge is -2.07. The summed E-state index contributed by atoms with van der Waals surface area (Å²) in [6, 6.07) is 3.88. The molecule has 102 valence electrons. The zero-order valence-electron chi connectivity index (χ0n) is 10.7. The van der Waals surface area contributed by atoms with Crippen LogP contribution in [0.3, 0.4) is 0 Å². The molecule has 0 aromatic carbocycles. The lowest BCUT2D eigenvalue weighted by atomic mass is 10.3. The highest BCUT2D eigenvalue weighted by atomic mass is 32.2. The van der Waals surface area contributed by atoms with Crippen LogP contribution in [-0.4, -0.2) is 28.5 Å². The van der Waals surface area contributed by atoms with E-state index in [0.717, 1.165) is 4.88 Å². The fraction of sp³-hybridized carbons (Fsp3) is 0.417. The average molecular weight is 298 g/mol. The Morgan fingerprint density at radius 3 is 3.11 bits per heavy atom. The number of carbonyl (C=O) groups is 1. The molecular formula is C12H14N2O3S2. The predicted molar refractivity (Wildman–Crippen MR) is 75.0 cm³/mol. The van der Waals surface area contributed by atoms with Crippen LogP contribution in [0.1, 0.15) is 19.2 Å². The highest BCUT2D eigenvalue weighted by Crippen LogP contribution is 2.25. The monoisotopic (exact) mass is 298 g/mol. The van der Waals surface area contributed by atoms with Gasteiger partial charge in [0.1, 0.15) is 0 Å². The predicted octanol–water partition coefficient (Wildman–Crippen LogP) is 2.98. The van der Waals surface area contributed by atoms with Crippen LogP contribution in [-0.2, 0) is 15.3 Å². The summed E-state index contributed by atoms with van der Waals surface area (Å²) in [5.41, 5.74) is 0. The van der Waals surface area contributed by atoms with Crippen LogP contribution in [0.25, 0.3) is 10.8 Å². The third kappa shape index (κ3) is 4.07. The highest BCUT2D eigenvalue weighted by Gasteiger charge is 2.13. The second-order valence-electron chi connectivity index (χ2n) is 3.88. The Hall–Kier alpha value is -1.34. The van der Waals surface area contributed by atoms with Gasteiger partial charge in [0.25, 0.3) is 5.89 Å². The summed E-state index contributed by atoms with van der Waals surface area (Å²) in [4.78, 5) is 12.1. The smallest absolute Gasteiger partial charge is 0.306 e. The van der Waals surface area contributed by atoms with Crippen molar-refractivity contribution in [2.24, 2.45) is 0 Å². The number of hydrogen-bond acceptors (Lipinski definition) is 7. The van der Waals surface area contributed by atoms with Crippen LogP contribution in [0, 0.1) is 0 Å². The van der Waals surface area contributed by atoms with Crippen LogP contribution >= 0.6 is 23.1 Å². The van der Waals surface area contributed by atoms with Crippen molar-refractivity contribution in [2.45, 2.75) is 24.3 Å². The zero-order valence-corrected chi connectivity index (χ0v) is 12.3. The van der Waals surface area contributed by atoms with Crippen molar-refractivity contribution in [2.75, 3.05) is 7.11 Å². The van der Waals surface area contributed by atoms with E-state index in [0.29, 0.717) is 24.0 Å². The lowest BCUT2D eigenvalue weighted by Crippen LogP contribution is -2.08. The van der Waals surface area contributed by atoms with Gasteiger partial charge in [-0.05, 0) is 11.4 Å². The number of carbonyl (C=O) groups excluding carboxylic acids is 1. The fourth-order valence-corrected chi connectivity index (χ4v) is 2.84. The molecule has 2 rings (SSSR count). The molecular weight excluding hydrogens is 284 g/mol. The Labute approximate surface area is 119 Å². The molecule has 0 radical (unpaired) electrons. The van der Waals surface area contributed by atoms with Crippen LogP contribution in [0.15, 0.2) is 21.9 Å².